The molecular formula is C23H32N4O2S. The van der Waals surface area contributed by atoms with Crippen LogP contribution < -0.4 is 10.6 Å². The molecular weight excluding hydrogens is 396 g/mol. The van der Waals surface area contributed by atoms with Gasteiger partial charge in [-0.25, -0.2) is 9.78 Å². The van der Waals surface area contributed by atoms with Gasteiger partial charge >= 0.3 is 6.03 Å². The molecule has 1 aromatic heterocycles. The van der Waals surface area contributed by atoms with Crippen molar-refractivity contribution in [2.45, 2.75) is 47.0 Å². The third-order valence-corrected chi connectivity index (χ3v) is 6.45. The maximum absolute atomic E-state index is 13.1. The number of nitrogens with zero attached hydrogens (tertiary/aromatic N) is 2. The summed E-state index contributed by atoms with van der Waals surface area (Å²) in [5.74, 6) is 0.860. The van der Waals surface area contributed by atoms with Gasteiger partial charge in [-0.15, -0.1) is 11.3 Å². The Morgan fingerprint density at radius 2 is 1.97 bits per heavy atom. The van der Waals surface area contributed by atoms with Crippen molar-refractivity contribution < 1.29 is 9.59 Å². The number of carbonyl (C=O) groups excluding carboxylic acids is 2. The highest BCUT2D eigenvalue weighted by molar-refractivity contribution is 7.13. The van der Waals surface area contributed by atoms with Crippen molar-refractivity contribution in [1.82, 2.24) is 15.2 Å². The normalized spacial score (nSPS) is 16.6. The molecule has 1 aliphatic heterocycles. The Balaban J connectivity index is 1.52. The van der Waals surface area contributed by atoms with Crippen molar-refractivity contribution in [3.05, 3.63) is 45.4 Å². The van der Waals surface area contributed by atoms with Crippen LogP contribution in [0.15, 0.2) is 24.3 Å². The molecule has 0 bridgehead atoms. The van der Waals surface area contributed by atoms with Crippen LogP contribution in [-0.2, 0) is 6.42 Å². The number of hydrogen-bond donors (Lipinski definition) is 2. The summed E-state index contributed by atoms with van der Waals surface area (Å²) in [5, 5.41) is 6.85. The van der Waals surface area contributed by atoms with Gasteiger partial charge < -0.3 is 15.5 Å². The van der Waals surface area contributed by atoms with Gasteiger partial charge in [-0.1, -0.05) is 31.5 Å². The molecule has 0 saturated carbocycles. The van der Waals surface area contributed by atoms with Crippen LogP contribution in [0.2, 0.25) is 0 Å². The van der Waals surface area contributed by atoms with E-state index in [0.717, 1.165) is 52.6 Å². The molecule has 1 aromatic carbocycles. The number of likely N-dealkylation sites (tertiary alicyclic amines) is 1. The minimum absolute atomic E-state index is 0.0776. The van der Waals surface area contributed by atoms with Crippen molar-refractivity contribution in [2.75, 3.05) is 25.0 Å². The average Bonchev–Trinajstić information content (AvgIpc) is 3.07. The van der Waals surface area contributed by atoms with Crippen molar-refractivity contribution >= 4 is 29.0 Å². The molecule has 2 heterocycles. The fourth-order valence-electron chi connectivity index (χ4n) is 3.70. The summed E-state index contributed by atoms with van der Waals surface area (Å²) in [6, 6.07) is 7.50. The van der Waals surface area contributed by atoms with E-state index in [0.29, 0.717) is 19.0 Å². The second-order valence-corrected chi connectivity index (χ2v) is 9.66. The number of anilines is 1. The van der Waals surface area contributed by atoms with E-state index in [1.54, 1.807) is 0 Å². The molecule has 3 amide bonds. The molecule has 2 aromatic rings. The first-order chi connectivity index (χ1) is 14.3. The third-order valence-electron chi connectivity index (χ3n) is 5.28. The van der Waals surface area contributed by atoms with E-state index in [2.05, 4.69) is 29.5 Å². The fraction of sp³-hybridized carbons (Fsp3) is 0.522. The second-order valence-electron chi connectivity index (χ2n) is 8.58. The van der Waals surface area contributed by atoms with Gasteiger partial charge in [0.25, 0.3) is 5.91 Å². The van der Waals surface area contributed by atoms with Crippen molar-refractivity contribution in [1.29, 1.82) is 0 Å². The summed E-state index contributed by atoms with van der Waals surface area (Å²) in [7, 11) is 0. The first-order valence-electron chi connectivity index (χ1n) is 10.7. The lowest BCUT2D eigenvalue weighted by Crippen LogP contribution is -2.44. The smallest absolute Gasteiger partial charge is 0.319 e. The summed E-state index contributed by atoms with van der Waals surface area (Å²) in [4.78, 5) is 32.6. The van der Waals surface area contributed by atoms with Gasteiger partial charge in [-0.05, 0) is 50.7 Å². The fourth-order valence-corrected chi connectivity index (χ4v) is 4.94. The monoisotopic (exact) mass is 428 g/mol. The summed E-state index contributed by atoms with van der Waals surface area (Å²) in [6.45, 7) is 10.2. The average molecular weight is 429 g/mol. The maximum atomic E-state index is 13.1. The van der Waals surface area contributed by atoms with Crippen LogP contribution in [0.5, 0.6) is 0 Å². The molecule has 1 unspecified atom stereocenters. The number of aryl methyl sites for hydroxylation is 2. The Labute approximate surface area is 183 Å². The van der Waals surface area contributed by atoms with Gasteiger partial charge in [-0.2, -0.15) is 0 Å². The predicted octanol–water partition coefficient (Wildman–Crippen LogP) is 4.63. The van der Waals surface area contributed by atoms with Crippen molar-refractivity contribution in [3.63, 3.8) is 0 Å². The van der Waals surface area contributed by atoms with E-state index in [9.17, 15) is 9.59 Å². The number of aromatic nitrogens is 1. The largest absolute Gasteiger partial charge is 0.338 e. The quantitative estimate of drug-likeness (QED) is 0.704. The number of thiazole rings is 1. The van der Waals surface area contributed by atoms with E-state index in [1.807, 2.05) is 43.0 Å². The minimum atomic E-state index is -0.209. The van der Waals surface area contributed by atoms with Crippen LogP contribution in [0.3, 0.4) is 0 Å². The van der Waals surface area contributed by atoms with Crippen LogP contribution in [-0.4, -0.2) is 41.5 Å². The molecule has 162 valence electrons. The van der Waals surface area contributed by atoms with E-state index >= 15 is 0 Å². The topological polar surface area (TPSA) is 74.3 Å². The Morgan fingerprint density at radius 1 is 1.23 bits per heavy atom. The summed E-state index contributed by atoms with van der Waals surface area (Å²) in [6.07, 6.45) is 2.87. The predicted molar refractivity (Wildman–Crippen MR) is 122 cm³/mol. The third kappa shape index (κ3) is 6.05. The number of hydrogen-bond acceptors (Lipinski definition) is 4. The molecule has 1 aliphatic rings. The number of rotatable bonds is 6. The number of urea groups is 1. The Morgan fingerprint density at radius 3 is 2.67 bits per heavy atom. The van der Waals surface area contributed by atoms with Crippen molar-refractivity contribution in [3.8, 4) is 0 Å². The van der Waals surface area contributed by atoms with Crippen LogP contribution >= 0.6 is 11.3 Å². The molecule has 7 heteroatoms. The Kier molecular flexibility index (Phi) is 7.48. The molecule has 2 N–H and O–H groups in total. The SMILES string of the molecule is Cc1ccc(NC(=O)NCC2CCCN(C(=O)c3sc(CC(C)C)nc3C)C2)cc1. The highest BCUT2D eigenvalue weighted by Gasteiger charge is 2.27. The number of amides is 3. The van der Waals surface area contributed by atoms with Crippen LogP contribution in [0.1, 0.15) is 52.6 Å². The first-order valence-corrected chi connectivity index (χ1v) is 11.5. The molecule has 1 atom stereocenters. The van der Waals surface area contributed by atoms with Crippen LogP contribution in [0, 0.1) is 25.7 Å². The second kappa shape index (κ2) is 10.1. The minimum Gasteiger partial charge on any atom is -0.338 e. The first kappa shape index (κ1) is 22.3. The van der Waals surface area contributed by atoms with Crippen molar-refractivity contribution in [2.24, 2.45) is 11.8 Å². The van der Waals surface area contributed by atoms with Gasteiger partial charge in [-0.3, -0.25) is 4.79 Å². The Bertz CT molecular complexity index is 876. The van der Waals surface area contributed by atoms with Crippen LogP contribution in [0.4, 0.5) is 10.5 Å². The number of nitrogens with one attached hydrogen (secondary N) is 2. The van der Waals surface area contributed by atoms with E-state index in [1.165, 1.54) is 11.3 Å². The summed E-state index contributed by atoms with van der Waals surface area (Å²) >= 11 is 1.53. The zero-order valence-corrected chi connectivity index (χ0v) is 19.1. The molecule has 0 radical (unpaired) electrons. The van der Waals surface area contributed by atoms with Crippen LogP contribution in [0.25, 0.3) is 0 Å². The molecule has 6 nitrogen and oxygen atoms in total. The molecule has 0 spiro atoms. The lowest BCUT2D eigenvalue weighted by atomic mass is 9.98. The van der Waals surface area contributed by atoms with Gasteiger partial charge in [0.15, 0.2) is 0 Å². The summed E-state index contributed by atoms with van der Waals surface area (Å²) < 4.78 is 0. The lowest BCUT2D eigenvalue weighted by Gasteiger charge is -2.32. The van der Waals surface area contributed by atoms with Gasteiger partial charge in [0.2, 0.25) is 0 Å². The van der Waals surface area contributed by atoms with E-state index in [4.69, 9.17) is 0 Å². The van der Waals surface area contributed by atoms with E-state index in [-0.39, 0.29) is 17.9 Å². The molecule has 0 aliphatic carbocycles. The lowest BCUT2D eigenvalue weighted by molar-refractivity contribution is 0.0679. The molecule has 1 fully saturated rings. The van der Waals surface area contributed by atoms with E-state index < -0.39 is 0 Å². The van der Waals surface area contributed by atoms with Gasteiger partial charge in [0.05, 0.1) is 10.7 Å². The zero-order valence-electron chi connectivity index (χ0n) is 18.3. The highest BCUT2D eigenvalue weighted by Crippen LogP contribution is 2.25. The Hall–Kier alpha value is -2.41. The van der Waals surface area contributed by atoms with Gasteiger partial charge in [0.1, 0.15) is 4.88 Å². The van der Waals surface area contributed by atoms with Gasteiger partial charge in [0, 0.05) is 31.7 Å². The zero-order chi connectivity index (χ0) is 21.7. The number of piperidine rings is 1. The maximum Gasteiger partial charge on any atom is 0.319 e. The highest BCUT2D eigenvalue weighted by atomic mass is 32.1. The molecule has 1 saturated heterocycles. The standard InChI is InChI=1S/C23H32N4O2S/c1-15(2)12-20-25-17(4)21(30-20)22(28)27-11-5-6-18(14-27)13-24-23(29)26-19-9-7-16(3)8-10-19/h7-10,15,18H,5-6,11-14H2,1-4H3,(H2,24,26,29). The number of carbonyl (C=O) groups is 2. The molecule has 30 heavy (non-hydrogen) atoms. The summed E-state index contributed by atoms with van der Waals surface area (Å²) in [5.41, 5.74) is 2.76. The number of benzene rings is 1. The molecule has 3 rings (SSSR count).